The number of aliphatic hydroxyl groups is 1. The van der Waals surface area contributed by atoms with E-state index in [0.29, 0.717) is 10.9 Å². The van der Waals surface area contributed by atoms with Gasteiger partial charge in [0.2, 0.25) is 5.91 Å². The third-order valence-corrected chi connectivity index (χ3v) is 7.36. The number of amides is 2. The molecule has 0 bridgehead atoms. The highest BCUT2D eigenvalue weighted by Crippen LogP contribution is 2.40. The van der Waals surface area contributed by atoms with Gasteiger partial charge in [-0.2, -0.15) is 0 Å². The highest BCUT2D eigenvalue weighted by molar-refractivity contribution is 14.1. The Morgan fingerprint density at radius 3 is 2.20 bits per heavy atom. The van der Waals surface area contributed by atoms with E-state index in [4.69, 9.17) is 6.52 Å². The molecular weight excluding hydrogens is 558 g/mol. The minimum Gasteiger partial charge on any atom is -0.508 e. The van der Waals surface area contributed by atoms with Crippen LogP contribution in [0.5, 0.6) is 5.75 Å². The van der Waals surface area contributed by atoms with E-state index in [1.165, 1.54) is 31.2 Å². The number of halogens is 2. The van der Waals surface area contributed by atoms with Crippen LogP contribution in [0.2, 0.25) is 1.41 Å². The molecular formula is C15H18I2N2O6. The number of alkyl halides is 2. The Kier molecular flexibility index (Phi) is 7.25. The number of aromatic hydroxyl groups is 1. The van der Waals surface area contributed by atoms with Gasteiger partial charge >= 0.3 is 5.97 Å². The predicted octanol–water partition coefficient (Wildman–Crippen LogP) is 1.09. The summed E-state index contributed by atoms with van der Waals surface area (Å²) in [5.41, 5.74) is 0.537. The summed E-state index contributed by atoms with van der Waals surface area (Å²) in [5.74, 6) is -3.07. The molecule has 0 radical (unpaired) electrons. The molecule has 0 saturated heterocycles. The summed E-state index contributed by atoms with van der Waals surface area (Å²) < 4.78 is 5.48. The van der Waals surface area contributed by atoms with Crippen LogP contribution >= 0.6 is 45.2 Å². The SMILES string of the molecule is [2H]N(C(C)=O)[C@](I)(C(=O)N[C@H](C(=O)O)[C@@H](C)O)C(I)c1ccc(O)cc1. The smallest absolute Gasteiger partial charge is 0.328 e. The summed E-state index contributed by atoms with van der Waals surface area (Å²) in [7, 11) is 0. The van der Waals surface area contributed by atoms with Gasteiger partial charge in [0.1, 0.15) is 5.75 Å². The molecule has 0 aliphatic carbocycles. The van der Waals surface area contributed by atoms with Crippen LogP contribution in [0.1, 0.15) is 23.3 Å². The zero-order valence-corrected chi connectivity index (χ0v) is 17.6. The largest absolute Gasteiger partial charge is 0.508 e. The van der Waals surface area contributed by atoms with Crippen LogP contribution in [-0.2, 0) is 14.4 Å². The van der Waals surface area contributed by atoms with Crippen molar-refractivity contribution in [1.29, 1.82) is 0 Å². The number of nitrogens with one attached hydrogen (secondary N) is 2. The van der Waals surface area contributed by atoms with Gasteiger partial charge in [-0.3, -0.25) is 9.59 Å². The van der Waals surface area contributed by atoms with Crippen molar-refractivity contribution in [3.05, 3.63) is 29.8 Å². The molecule has 0 aliphatic heterocycles. The van der Waals surface area contributed by atoms with Crippen molar-refractivity contribution in [3.63, 3.8) is 0 Å². The van der Waals surface area contributed by atoms with Gasteiger partial charge in [-0.05, 0) is 47.2 Å². The molecule has 10 heteroatoms. The monoisotopic (exact) mass is 577 g/mol. The van der Waals surface area contributed by atoms with E-state index >= 15 is 0 Å². The molecule has 1 rings (SSSR count). The number of aliphatic hydroxyl groups excluding tert-OH is 1. The molecule has 1 unspecified atom stereocenters. The lowest BCUT2D eigenvalue weighted by Crippen LogP contribution is -2.60. The summed E-state index contributed by atoms with van der Waals surface area (Å²) in [4.78, 5) is 35.9. The van der Waals surface area contributed by atoms with Gasteiger partial charge in [0, 0.05) is 6.92 Å². The Bertz CT molecular complexity index is 687. The molecule has 5 N–H and O–H groups in total. The predicted molar refractivity (Wildman–Crippen MR) is 107 cm³/mol. The number of hydrogen-bond acceptors (Lipinski definition) is 5. The number of phenols is 1. The van der Waals surface area contributed by atoms with Gasteiger partial charge in [0.15, 0.2) is 11.0 Å². The quantitative estimate of drug-likeness (QED) is 0.187. The number of rotatable bonds is 7. The van der Waals surface area contributed by atoms with E-state index in [0.717, 1.165) is 6.92 Å². The number of phenolic OH excluding ortho intramolecular Hbond substituents is 1. The van der Waals surface area contributed by atoms with Crippen LogP contribution in [0.3, 0.4) is 0 Å². The maximum absolute atomic E-state index is 12.9. The summed E-state index contributed by atoms with van der Waals surface area (Å²) >= 11 is 3.49. The number of carbonyl (C=O) groups excluding carboxylic acids is 2. The standard InChI is InChI=1S/C15H18I2N2O6/c1-7(20)11(13(23)24)18-14(25)15(17,19-8(2)21)12(16)9-3-5-10(22)6-4-9/h3-7,11-12,20,22H,1-2H3,(H,18,25)(H,19,21)(H,23,24)/t7-,11+,12?,15+/m1/s1/i/hD. The summed E-state index contributed by atoms with van der Waals surface area (Å²) in [6.07, 6.45) is -1.38. The molecule has 1 aromatic rings. The van der Waals surface area contributed by atoms with Crippen molar-refractivity contribution in [3.8, 4) is 5.75 Å². The fraction of sp³-hybridized carbons (Fsp3) is 0.400. The fourth-order valence-corrected chi connectivity index (χ4v) is 3.64. The molecule has 0 heterocycles. The van der Waals surface area contributed by atoms with Gasteiger partial charge in [-0.25, -0.2) is 4.79 Å². The minimum atomic E-state index is -1.80. The van der Waals surface area contributed by atoms with Gasteiger partial charge < -0.3 is 25.9 Å². The molecule has 0 aromatic heterocycles. The molecule has 0 fully saturated rings. The first-order valence-corrected chi connectivity index (χ1v) is 9.38. The van der Waals surface area contributed by atoms with Crippen LogP contribution in [0.15, 0.2) is 24.3 Å². The average Bonchev–Trinajstić information content (AvgIpc) is 2.57. The maximum Gasteiger partial charge on any atom is 0.328 e. The van der Waals surface area contributed by atoms with Crippen LogP contribution in [-0.4, -0.2) is 48.8 Å². The Morgan fingerprint density at radius 2 is 1.80 bits per heavy atom. The Hall–Kier alpha value is -1.15. The lowest BCUT2D eigenvalue weighted by molar-refractivity contribution is -0.145. The number of carboxylic acids is 1. The van der Waals surface area contributed by atoms with E-state index in [1.54, 1.807) is 22.6 Å². The topological polar surface area (TPSA) is 136 Å². The molecule has 1 aromatic carbocycles. The third kappa shape index (κ3) is 5.67. The highest BCUT2D eigenvalue weighted by Gasteiger charge is 2.45. The molecule has 0 saturated carbocycles. The normalized spacial score (nSPS) is 17.4. The van der Waals surface area contributed by atoms with Crippen LogP contribution in [0.25, 0.3) is 0 Å². The lowest BCUT2D eigenvalue weighted by atomic mass is 10.0. The van der Waals surface area contributed by atoms with Crippen molar-refractivity contribution in [2.45, 2.75) is 33.5 Å². The number of aliphatic carboxylic acids is 1. The van der Waals surface area contributed by atoms with Crippen molar-refractivity contribution >= 4 is 63.0 Å². The van der Waals surface area contributed by atoms with Gasteiger partial charge in [-0.15, -0.1) is 0 Å². The number of hydrogen-bond donors (Lipinski definition) is 5. The van der Waals surface area contributed by atoms with Gasteiger partial charge in [-0.1, -0.05) is 34.7 Å². The van der Waals surface area contributed by atoms with Crippen LogP contribution in [0, 0.1) is 0 Å². The molecule has 4 atom stereocenters. The Balaban J connectivity index is 3.33. The third-order valence-electron chi connectivity index (χ3n) is 3.20. The summed E-state index contributed by atoms with van der Waals surface area (Å²) in [6, 6.07) is 4.26. The molecule has 0 aliphatic rings. The second-order valence-corrected chi connectivity index (χ2v) is 8.18. The van der Waals surface area contributed by atoms with Gasteiger partial charge in [0.05, 0.1) is 10.0 Å². The Morgan fingerprint density at radius 1 is 1.28 bits per heavy atom. The zero-order chi connectivity index (χ0) is 20.2. The van der Waals surface area contributed by atoms with Crippen molar-refractivity contribution in [1.82, 2.24) is 10.6 Å². The van der Waals surface area contributed by atoms with Crippen molar-refractivity contribution in [2.75, 3.05) is 0 Å². The second-order valence-electron chi connectivity index (χ2n) is 5.29. The van der Waals surface area contributed by atoms with E-state index in [2.05, 4.69) is 5.32 Å². The first-order chi connectivity index (χ1) is 11.9. The highest BCUT2D eigenvalue weighted by atomic mass is 127. The fourth-order valence-electron chi connectivity index (χ4n) is 1.95. The van der Waals surface area contributed by atoms with Crippen LogP contribution < -0.4 is 10.6 Å². The summed E-state index contributed by atoms with van der Waals surface area (Å²) in [5, 5.41) is 30.8. The van der Waals surface area contributed by atoms with Crippen molar-refractivity contribution < 1.29 is 31.1 Å². The minimum absolute atomic E-state index is 0.00945. The zero-order valence-electron chi connectivity index (χ0n) is 14.3. The first kappa shape index (κ1) is 20.2. The van der Waals surface area contributed by atoms with E-state index in [-0.39, 0.29) is 5.75 Å². The van der Waals surface area contributed by atoms with E-state index in [9.17, 15) is 24.6 Å². The van der Waals surface area contributed by atoms with Crippen LogP contribution in [0.4, 0.5) is 0 Å². The maximum atomic E-state index is 12.9. The number of carbonyl (C=O) groups is 3. The first-order valence-electron chi connectivity index (χ1n) is 7.51. The molecule has 138 valence electrons. The van der Waals surface area contributed by atoms with Crippen molar-refractivity contribution in [2.24, 2.45) is 0 Å². The molecule has 2 amide bonds. The van der Waals surface area contributed by atoms with E-state index < -0.39 is 37.4 Å². The molecule has 0 spiro atoms. The lowest BCUT2D eigenvalue weighted by Gasteiger charge is -2.33. The number of carboxylic acid groups (broad SMARTS) is 1. The number of benzene rings is 1. The average molecular weight is 577 g/mol. The molecule has 25 heavy (non-hydrogen) atoms. The second kappa shape index (κ2) is 8.98. The Labute approximate surface area is 173 Å². The van der Waals surface area contributed by atoms with E-state index in [1.807, 2.05) is 22.6 Å². The van der Waals surface area contributed by atoms with Gasteiger partial charge in [0.25, 0.3) is 5.91 Å². The molecule has 8 nitrogen and oxygen atoms in total. The summed E-state index contributed by atoms with van der Waals surface area (Å²) in [6.45, 7) is 2.32.